The van der Waals surface area contributed by atoms with Crippen LogP contribution in [-0.4, -0.2) is 57.3 Å². The Labute approximate surface area is 127 Å². The molecule has 118 valence electrons. The standard InChI is InChI=1S/C15H25N3O2S/c1-13(2)6-8-17-9-11-18(12-10-17)15-14(21(3,19)20)5-4-7-16-15/h4-5,7,13H,6,8-12H2,1-3H3. The van der Waals surface area contributed by atoms with Crippen LogP contribution in [0.2, 0.25) is 0 Å². The van der Waals surface area contributed by atoms with E-state index in [1.54, 1.807) is 18.3 Å². The molecule has 0 aromatic carbocycles. The first-order valence-electron chi connectivity index (χ1n) is 7.50. The van der Waals surface area contributed by atoms with Crippen molar-refractivity contribution in [3.8, 4) is 0 Å². The van der Waals surface area contributed by atoms with E-state index < -0.39 is 9.84 Å². The van der Waals surface area contributed by atoms with Crippen molar-refractivity contribution in [3.63, 3.8) is 0 Å². The molecule has 0 spiro atoms. The molecule has 1 fully saturated rings. The summed E-state index contributed by atoms with van der Waals surface area (Å²) >= 11 is 0. The van der Waals surface area contributed by atoms with Gasteiger partial charge in [-0.1, -0.05) is 13.8 Å². The highest BCUT2D eigenvalue weighted by Gasteiger charge is 2.23. The number of hydrogen-bond acceptors (Lipinski definition) is 5. The van der Waals surface area contributed by atoms with Crippen LogP contribution in [0.3, 0.4) is 0 Å². The predicted molar refractivity (Wildman–Crippen MR) is 85.5 cm³/mol. The first-order valence-corrected chi connectivity index (χ1v) is 9.39. The maximum Gasteiger partial charge on any atom is 0.179 e. The lowest BCUT2D eigenvalue weighted by Crippen LogP contribution is -2.47. The van der Waals surface area contributed by atoms with Crippen molar-refractivity contribution in [3.05, 3.63) is 18.3 Å². The maximum atomic E-state index is 11.9. The lowest BCUT2D eigenvalue weighted by atomic mass is 10.1. The zero-order chi connectivity index (χ0) is 15.5. The zero-order valence-electron chi connectivity index (χ0n) is 13.1. The Balaban J connectivity index is 2.03. The Bertz CT molecular complexity index is 564. The van der Waals surface area contributed by atoms with E-state index in [-0.39, 0.29) is 0 Å². The molecule has 0 N–H and O–H groups in total. The summed E-state index contributed by atoms with van der Waals surface area (Å²) in [6, 6.07) is 3.32. The van der Waals surface area contributed by atoms with E-state index in [0.717, 1.165) is 38.6 Å². The Morgan fingerprint density at radius 2 is 1.90 bits per heavy atom. The number of anilines is 1. The van der Waals surface area contributed by atoms with E-state index in [4.69, 9.17) is 0 Å². The number of pyridine rings is 1. The first-order chi connectivity index (χ1) is 9.88. The molecule has 5 nitrogen and oxygen atoms in total. The Kier molecular flexibility index (Phi) is 5.22. The number of sulfone groups is 1. The van der Waals surface area contributed by atoms with Crippen molar-refractivity contribution in [2.24, 2.45) is 5.92 Å². The predicted octanol–water partition coefficient (Wildman–Crippen LogP) is 1.65. The van der Waals surface area contributed by atoms with Crippen molar-refractivity contribution in [1.29, 1.82) is 0 Å². The summed E-state index contributed by atoms with van der Waals surface area (Å²) in [5, 5.41) is 0. The highest BCUT2D eigenvalue weighted by atomic mass is 32.2. The molecule has 0 amide bonds. The molecule has 1 saturated heterocycles. The van der Waals surface area contributed by atoms with Gasteiger partial charge in [-0.25, -0.2) is 13.4 Å². The molecule has 21 heavy (non-hydrogen) atoms. The molecule has 0 unspecified atom stereocenters. The molecule has 6 heteroatoms. The summed E-state index contributed by atoms with van der Waals surface area (Å²) in [6.45, 7) is 9.19. The Hall–Kier alpha value is -1.14. The third-order valence-corrected chi connectivity index (χ3v) is 4.96. The van der Waals surface area contributed by atoms with E-state index >= 15 is 0 Å². The number of piperazine rings is 1. The van der Waals surface area contributed by atoms with Gasteiger partial charge in [0.05, 0.1) is 0 Å². The fourth-order valence-corrected chi connectivity index (χ4v) is 3.37. The molecular weight excluding hydrogens is 286 g/mol. The van der Waals surface area contributed by atoms with Gasteiger partial charge in [0.2, 0.25) is 0 Å². The molecular formula is C15H25N3O2S. The molecule has 0 atom stereocenters. The number of hydrogen-bond donors (Lipinski definition) is 0. The fourth-order valence-electron chi connectivity index (χ4n) is 2.53. The molecule has 1 aromatic heterocycles. The smallest absolute Gasteiger partial charge is 0.179 e. The highest BCUT2D eigenvalue weighted by molar-refractivity contribution is 7.90. The summed E-state index contributed by atoms with van der Waals surface area (Å²) in [6.07, 6.45) is 4.11. The Morgan fingerprint density at radius 1 is 1.24 bits per heavy atom. The van der Waals surface area contributed by atoms with Gasteiger partial charge in [0.15, 0.2) is 9.84 Å². The van der Waals surface area contributed by atoms with Crippen LogP contribution in [0.5, 0.6) is 0 Å². The van der Waals surface area contributed by atoms with Gasteiger partial charge in [-0.3, -0.25) is 4.90 Å². The van der Waals surface area contributed by atoms with Gasteiger partial charge in [0.1, 0.15) is 10.7 Å². The van der Waals surface area contributed by atoms with Gasteiger partial charge in [0, 0.05) is 38.6 Å². The van der Waals surface area contributed by atoms with Crippen molar-refractivity contribution < 1.29 is 8.42 Å². The van der Waals surface area contributed by atoms with Gasteiger partial charge in [-0.15, -0.1) is 0 Å². The molecule has 2 heterocycles. The van der Waals surface area contributed by atoms with Gasteiger partial charge >= 0.3 is 0 Å². The van der Waals surface area contributed by atoms with E-state index in [0.29, 0.717) is 10.7 Å². The van der Waals surface area contributed by atoms with Crippen LogP contribution >= 0.6 is 0 Å². The maximum absolute atomic E-state index is 11.9. The largest absolute Gasteiger partial charge is 0.353 e. The van der Waals surface area contributed by atoms with Gasteiger partial charge in [-0.2, -0.15) is 0 Å². The van der Waals surface area contributed by atoms with E-state index in [1.165, 1.54) is 12.7 Å². The van der Waals surface area contributed by atoms with Crippen LogP contribution in [0, 0.1) is 5.92 Å². The van der Waals surface area contributed by atoms with Gasteiger partial charge < -0.3 is 4.90 Å². The minimum atomic E-state index is -3.24. The third kappa shape index (κ3) is 4.41. The summed E-state index contributed by atoms with van der Waals surface area (Å²) in [5.41, 5.74) is 0. The molecule has 1 aromatic rings. The molecule has 0 aliphatic carbocycles. The van der Waals surface area contributed by atoms with Crippen LogP contribution in [-0.2, 0) is 9.84 Å². The highest BCUT2D eigenvalue weighted by Crippen LogP contribution is 2.23. The van der Waals surface area contributed by atoms with Crippen molar-refractivity contribution in [2.45, 2.75) is 25.2 Å². The van der Waals surface area contributed by atoms with E-state index in [2.05, 4.69) is 28.6 Å². The number of rotatable bonds is 5. The number of nitrogens with zero attached hydrogens (tertiary/aromatic N) is 3. The van der Waals surface area contributed by atoms with Crippen LogP contribution < -0.4 is 4.90 Å². The zero-order valence-corrected chi connectivity index (χ0v) is 13.9. The molecule has 1 aliphatic rings. The van der Waals surface area contributed by atoms with E-state index in [1.807, 2.05) is 0 Å². The number of aromatic nitrogens is 1. The molecule has 0 bridgehead atoms. The molecule has 0 saturated carbocycles. The second-order valence-electron chi connectivity index (χ2n) is 6.11. The van der Waals surface area contributed by atoms with Gasteiger partial charge in [-0.05, 0) is 31.0 Å². The summed E-state index contributed by atoms with van der Waals surface area (Å²) in [5.74, 6) is 1.32. The summed E-state index contributed by atoms with van der Waals surface area (Å²) < 4.78 is 23.7. The Morgan fingerprint density at radius 3 is 2.48 bits per heavy atom. The average Bonchev–Trinajstić information content (AvgIpc) is 2.45. The lowest BCUT2D eigenvalue weighted by Gasteiger charge is -2.36. The van der Waals surface area contributed by atoms with Crippen LogP contribution in [0.25, 0.3) is 0 Å². The quantitative estimate of drug-likeness (QED) is 0.828. The minimum absolute atomic E-state index is 0.334. The summed E-state index contributed by atoms with van der Waals surface area (Å²) in [4.78, 5) is 9.16. The first kappa shape index (κ1) is 16.2. The van der Waals surface area contributed by atoms with Crippen LogP contribution in [0.1, 0.15) is 20.3 Å². The van der Waals surface area contributed by atoms with Crippen molar-refractivity contribution in [1.82, 2.24) is 9.88 Å². The molecule has 0 radical (unpaired) electrons. The minimum Gasteiger partial charge on any atom is -0.353 e. The van der Waals surface area contributed by atoms with Crippen molar-refractivity contribution in [2.75, 3.05) is 43.9 Å². The SMILES string of the molecule is CC(C)CCN1CCN(c2ncccc2S(C)(=O)=O)CC1. The monoisotopic (exact) mass is 311 g/mol. The molecule has 1 aliphatic heterocycles. The lowest BCUT2D eigenvalue weighted by molar-refractivity contribution is 0.243. The van der Waals surface area contributed by atoms with Crippen molar-refractivity contribution >= 4 is 15.7 Å². The molecule has 2 rings (SSSR count). The topological polar surface area (TPSA) is 53.5 Å². The normalized spacial score (nSPS) is 17.4. The van der Waals surface area contributed by atoms with E-state index in [9.17, 15) is 8.42 Å². The van der Waals surface area contributed by atoms with Crippen LogP contribution in [0.4, 0.5) is 5.82 Å². The third-order valence-electron chi connectivity index (χ3n) is 3.84. The fraction of sp³-hybridized carbons (Fsp3) is 0.667. The van der Waals surface area contributed by atoms with Gasteiger partial charge in [0.25, 0.3) is 0 Å². The average molecular weight is 311 g/mol. The summed E-state index contributed by atoms with van der Waals surface area (Å²) in [7, 11) is -3.24. The second-order valence-corrected chi connectivity index (χ2v) is 8.09. The van der Waals surface area contributed by atoms with Crippen LogP contribution in [0.15, 0.2) is 23.2 Å². The second kappa shape index (κ2) is 6.75.